The summed E-state index contributed by atoms with van der Waals surface area (Å²) in [6.45, 7) is 13.0. The summed E-state index contributed by atoms with van der Waals surface area (Å²) >= 11 is 0. The minimum absolute atomic E-state index is 0. The van der Waals surface area contributed by atoms with Gasteiger partial charge in [-0.15, -0.1) is 60.7 Å². The maximum atomic E-state index is 6.59. The van der Waals surface area contributed by atoms with Crippen LogP contribution in [0, 0.1) is 65.8 Å². The predicted molar refractivity (Wildman–Crippen MR) is 275 cm³/mol. The van der Waals surface area contributed by atoms with Crippen LogP contribution in [0.1, 0.15) is 33.4 Å². The molecule has 12 aromatic rings. The van der Waals surface area contributed by atoms with Crippen LogP contribution in [0.25, 0.3) is 78.1 Å². The van der Waals surface area contributed by atoms with Gasteiger partial charge >= 0.3 is 42.1 Å². The molecule has 0 aliphatic carbocycles. The molecule has 6 aromatic heterocycles. The molecule has 0 spiro atoms. The zero-order chi connectivity index (χ0) is 47.6. The monoisotopic (exact) mass is 1300 g/mol. The van der Waals surface area contributed by atoms with Crippen molar-refractivity contribution >= 4 is 32.8 Å². The Kier molecular flexibility index (Phi) is 13.0. The van der Waals surface area contributed by atoms with Crippen LogP contribution in [0.15, 0.2) is 159 Å². The summed E-state index contributed by atoms with van der Waals surface area (Å²) in [7, 11) is 0. The normalized spacial score (nSPS) is 11.2. The van der Waals surface area contributed by atoms with E-state index in [2.05, 4.69) is 146 Å². The third kappa shape index (κ3) is 8.69. The molecule has 10 nitrogen and oxygen atoms in total. The van der Waals surface area contributed by atoms with Crippen LogP contribution in [-0.2, 0) is 42.1 Å². The topological polar surface area (TPSA) is 89.7 Å². The molecule has 0 radical (unpaired) electrons. The van der Waals surface area contributed by atoms with Crippen LogP contribution in [0.3, 0.4) is 0 Å². The van der Waals surface area contributed by atoms with Crippen molar-refractivity contribution in [2.45, 2.75) is 41.5 Å². The van der Waals surface area contributed by atoms with E-state index in [0.717, 1.165) is 67.0 Å². The largest absolute Gasteiger partial charge is 2.00 e. The van der Waals surface area contributed by atoms with E-state index < -0.39 is 0 Å². The van der Waals surface area contributed by atoms with Crippen molar-refractivity contribution in [2.75, 3.05) is 0 Å². The Morgan fingerprint density at radius 3 is 1.21 bits per heavy atom. The molecule has 6 heterocycles. The molecule has 0 N–H and O–H groups in total. The van der Waals surface area contributed by atoms with Gasteiger partial charge in [-0.3, -0.25) is 9.36 Å². The van der Waals surface area contributed by atoms with Gasteiger partial charge in [-0.05, 0) is 134 Å². The van der Waals surface area contributed by atoms with E-state index in [0.29, 0.717) is 23.0 Å². The fraction of sp³-hybridized carbons (Fsp3) is 0.100. The Morgan fingerprint density at radius 2 is 0.819 bits per heavy atom. The van der Waals surface area contributed by atoms with Crippen molar-refractivity contribution in [3.63, 3.8) is 0 Å². The van der Waals surface area contributed by atoms with E-state index in [-0.39, 0.29) is 42.1 Å². The number of hydrogen-bond donors (Lipinski definition) is 0. The summed E-state index contributed by atoms with van der Waals surface area (Å²) in [6.07, 6.45) is 11.0. The molecule has 0 bridgehead atoms. The van der Waals surface area contributed by atoms with Crippen molar-refractivity contribution in [2.24, 2.45) is 0 Å². The van der Waals surface area contributed by atoms with Gasteiger partial charge < -0.3 is 18.6 Å². The molecule has 0 fully saturated rings. The molecule has 72 heavy (non-hydrogen) atoms. The Balaban J connectivity index is 0.00000298. The van der Waals surface area contributed by atoms with E-state index in [1.807, 2.05) is 85.5 Å². The molecule has 0 saturated carbocycles. The molecule has 6 aromatic carbocycles. The molecule has 0 amide bonds. The van der Waals surface area contributed by atoms with Gasteiger partial charge in [0.05, 0.1) is 0 Å². The third-order valence-electron chi connectivity index (χ3n) is 12.8. The molecule has 12 rings (SSSR count). The number of ether oxygens (including phenoxy) is 2. The van der Waals surface area contributed by atoms with Crippen molar-refractivity contribution in [1.29, 1.82) is 0 Å². The van der Waals surface area contributed by atoms with Crippen LogP contribution in [-0.4, -0.2) is 38.7 Å². The Labute approximate surface area is 446 Å². The average Bonchev–Trinajstić information content (AvgIpc) is 4.18. The molecule has 0 aliphatic heterocycles. The Bertz CT molecular complexity index is 3680. The van der Waals surface area contributed by atoms with Crippen molar-refractivity contribution in [3.05, 3.63) is 216 Å². The Hall–Kier alpha value is -7.64. The standard InChI is InChI=1S/C60H44N8O2.2Pt/c1-37-27-39(3)57(40(4)28-37)43-19-23-61-55(31-43)67-53-35-49(69-47-13-7-11-45(33-47)65-25-9-21-63-65)15-17-51(53)60-59(67)52-18-16-50(70-48-14-8-12-46(34-48)66-26-10-22-64-66)36-54(52)68(60)56-32-44(20-24-62-56)58-41(5)29-38(2)30-42(58)6;;/h7-32H,1-6H3;;/q-4;2*+2. The molecule has 0 atom stereocenters. The second-order valence-electron chi connectivity index (χ2n) is 17.8. The van der Waals surface area contributed by atoms with Gasteiger partial charge in [-0.2, -0.15) is 34.5 Å². The van der Waals surface area contributed by atoms with E-state index in [4.69, 9.17) is 19.4 Å². The summed E-state index contributed by atoms with van der Waals surface area (Å²) in [4.78, 5) is 10.3. The van der Waals surface area contributed by atoms with E-state index in [1.165, 1.54) is 44.5 Å². The quantitative estimate of drug-likeness (QED) is 0.127. The van der Waals surface area contributed by atoms with Crippen LogP contribution in [0.2, 0.25) is 0 Å². The average molecular weight is 1300 g/mol. The van der Waals surface area contributed by atoms with E-state index in [9.17, 15) is 0 Å². The third-order valence-corrected chi connectivity index (χ3v) is 12.8. The SMILES string of the molecule is Cc1cc(C)c(-c2ccnc(-n3c4[c-]c(Oc5[c-]c(-n6cccn6)ccc5)ccc4c4c3c3ccc(Oc5[c-]c(-n6cccn6)ccc5)[c-]c3n4-c3cc(-c4c(C)cc(C)cc4C)ccn3)c2)c(C)c1.[Pt+2].[Pt+2]. The number of nitrogens with zero attached hydrogens (tertiary/aromatic N) is 8. The van der Waals surface area contributed by atoms with Crippen molar-refractivity contribution in [3.8, 4) is 68.3 Å². The van der Waals surface area contributed by atoms with Gasteiger partial charge in [-0.1, -0.05) is 57.2 Å². The van der Waals surface area contributed by atoms with E-state index >= 15 is 0 Å². The Morgan fingerprint density at radius 1 is 0.417 bits per heavy atom. The first-order valence-electron chi connectivity index (χ1n) is 23.1. The van der Waals surface area contributed by atoms with Gasteiger partial charge in [-0.25, -0.2) is 9.97 Å². The minimum atomic E-state index is 0. The number of pyridine rings is 2. The van der Waals surface area contributed by atoms with Crippen LogP contribution in [0.5, 0.6) is 23.0 Å². The summed E-state index contributed by atoms with van der Waals surface area (Å²) in [5.74, 6) is 3.53. The van der Waals surface area contributed by atoms with Gasteiger partial charge in [0.25, 0.3) is 0 Å². The molecular formula is C60H44N8O2Pt2. The van der Waals surface area contributed by atoms with Crippen LogP contribution >= 0.6 is 0 Å². The number of fused-ring (bicyclic) bond motifs is 5. The number of rotatable bonds is 10. The molecule has 0 saturated heterocycles. The first-order chi connectivity index (χ1) is 34.1. The van der Waals surface area contributed by atoms with Gasteiger partial charge in [0.15, 0.2) is 0 Å². The number of benzene rings is 6. The van der Waals surface area contributed by atoms with Gasteiger partial charge in [0.2, 0.25) is 0 Å². The van der Waals surface area contributed by atoms with Crippen molar-refractivity contribution < 1.29 is 51.6 Å². The first-order valence-corrected chi connectivity index (χ1v) is 23.1. The summed E-state index contributed by atoms with van der Waals surface area (Å²) in [6, 6.07) is 55.0. The minimum Gasteiger partial charge on any atom is -0.509 e. The molecular weight excluding hydrogens is 1250 g/mol. The fourth-order valence-electron chi connectivity index (χ4n) is 10.2. The second kappa shape index (κ2) is 19.5. The smallest absolute Gasteiger partial charge is 0.509 e. The van der Waals surface area contributed by atoms with Gasteiger partial charge in [0, 0.05) is 71.2 Å². The molecule has 0 aliphatic rings. The predicted octanol–water partition coefficient (Wildman–Crippen LogP) is 13.9. The van der Waals surface area contributed by atoms with Crippen LogP contribution < -0.4 is 9.47 Å². The zero-order valence-electron chi connectivity index (χ0n) is 40.0. The van der Waals surface area contributed by atoms with Crippen molar-refractivity contribution in [1.82, 2.24) is 38.7 Å². The fourth-order valence-corrected chi connectivity index (χ4v) is 10.2. The first kappa shape index (κ1) is 48.0. The van der Waals surface area contributed by atoms with E-state index in [1.54, 1.807) is 21.8 Å². The molecule has 356 valence electrons. The molecule has 12 heteroatoms. The number of hydrogen-bond acceptors (Lipinski definition) is 6. The summed E-state index contributed by atoms with van der Waals surface area (Å²) < 4.78 is 21.1. The van der Waals surface area contributed by atoms with Gasteiger partial charge in [0.1, 0.15) is 11.6 Å². The summed E-state index contributed by atoms with van der Waals surface area (Å²) in [5.41, 5.74) is 16.6. The maximum absolute atomic E-state index is 6.59. The number of aryl methyl sites for hydroxylation is 6. The second-order valence-corrected chi connectivity index (χ2v) is 17.8. The maximum Gasteiger partial charge on any atom is 2.00 e. The zero-order valence-corrected chi connectivity index (χ0v) is 44.6. The van der Waals surface area contributed by atoms with Crippen LogP contribution in [0.4, 0.5) is 0 Å². The number of aromatic nitrogens is 8. The summed E-state index contributed by atoms with van der Waals surface area (Å²) in [5, 5.41) is 10.6. The molecule has 0 unspecified atom stereocenters.